The van der Waals surface area contributed by atoms with Crippen molar-refractivity contribution in [3.8, 4) is 17.1 Å². The molecule has 0 aliphatic heterocycles. The summed E-state index contributed by atoms with van der Waals surface area (Å²) in [5.41, 5.74) is 0.230. The monoisotopic (exact) mass is 205 g/mol. The molecule has 1 N–H and O–H groups in total. The third-order valence-electron chi connectivity index (χ3n) is 1.98. The summed E-state index contributed by atoms with van der Waals surface area (Å²) in [4.78, 5) is 10.0. The lowest BCUT2D eigenvalue weighted by Crippen LogP contribution is -1.88. The minimum Gasteiger partial charge on any atom is -0.507 e. The number of nitro groups is 1. The Morgan fingerprint density at radius 1 is 1.33 bits per heavy atom. The molecule has 0 spiro atoms. The van der Waals surface area contributed by atoms with Crippen molar-refractivity contribution in [2.45, 2.75) is 0 Å². The van der Waals surface area contributed by atoms with Gasteiger partial charge in [-0.15, -0.1) is 0 Å². The van der Waals surface area contributed by atoms with E-state index in [1.54, 1.807) is 12.1 Å². The van der Waals surface area contributed by atoms with Gasteiger partial charge in [0, 0.05) is 12.1 Å². The van der Waals surface area contributed by atoms with Gasteiger partial charge in [0.15, 0.2) is 0 Å². The van der Waals surface area contributed by atoms with E-state index in [1.807, 2.05) is 0 Å². The van der Waals surface area contributed by atoms with Crippen LogP contribution in [0.2, 0.25) is 0 Å². The van der Waals surface area contributed by atoms with Gasteiger partial charge in [0.25, 0.3) is 5.69 Å². The second-order valence-electron chi connectivity index (χ2n) is 2.94. The zero-order chi connectivity index (χ0) is 10.8. The van der Waals surface area contributed by atoms with Crippen molar-refractivity contribution in [1.29, 1.82) is 0 Å². The van der Waals surface area contributed by atoms with Gasteiger partial charge < -0.3 is 9.52 Å². The lowest BCUT2D eigenvalue weighted by Gasteiger charge is -2.00. The van der Waals surface area contributed by atoms with Crippen LogP contribution in [0.5, 0.6) is 5.75 Å². The van der Waals surface area contributed by atoms with Gasteiger partial charge in [0.2, 0.25) is 0 Å². The number of furan rings is 1. The van der Waals surface area contributed by atoms with Gasteiger partial charge in [0.05, 0.1) is 16.7 Å². The fourth-order valence-corrected chi connectivity index (χ4v) is 1.27. The van der Waals surface area contributed by atoms with E-state index in [0.29, 0.717) is 11.3 Å². The molecule has 2 aromatic rings. The Morgan fingerprint density at radius 3 is 2.73 bits per heavy atom. The molecule has 0 saturated carbocycles. The minimum absolute atomic E-state index is 0.0458. The molecule has 1 aromatic heterocycles. The summed E-state index contributed by atoms with van der Waals surface area (Å²) in [6.07, 6.45) is 1.44. The van der Waals surface area contributed by atoms with Gasteiger partial charge in [0.1, 0.15) is 11.5 Å². The van der Waals surface area contributed by atoms with E-state index in [4.69, 9.17) is 4.42 Å². The van der Waals surface area contributed by atoms with Crippen molar-refractivity contribution >= 4 is 5.69 Å². The number of non-ortho nitro benzene ring substituents is 1. The Hall–Kier alpha value is -2.30. The quantitative estimate of drug-likeness (QED) is 0.603. The highest BCUT2D eigenvalue weighted by Crippen LogP contribution is 2.32. The molecule has 0 atom stereocenters. The van der Waals surface area contributed by atoms with Gasteiger partial charge >= 0.3 is 0 Å². The standard InChI is InChI=1S/C10H7NO4/c12-9-4-3-7(11(13)14)6-8(9)10-2-1-5-15-10/h1-6,12H. The van der Waals surface area contributed by atoms with Crippen molar-refractivity contribution < 1.29 is 14.4 Å². The molecule has 2 rings (SSSR count). The van der Waals surface area contributed by atoms with Gasteiger partial charge in [-0.3, -0.25) is 10.1 Å². The minimum atomic E-state index is -0.522. The number of hydrogen-bond acceptors (Lipinski definition) is 4. The van der Waals surface area contributed by atoms with E-state index >= 15 is 0 Å². The van der Waals surface area contributed by atoms with Gasteiger partial charge in [-0.05, 0) is 18.2 Å². The molecular formula is C10H7NO4. The van der Waals surface area contributed by atoms with Crippen molar-refractivity contribution in [3.05, 3.63) is 46.7 Å². The first-order chi connectivity index (χ1) is 7.18. The number of phenolic OH excluding ortho intramolecular Hbond substituents is 1. The molecule has 1 aromatic carbocycles. The zero-order valence-electron chi connectivity index (χ0n) is 7.58. The maximum absolute atomic E-state index is 10.5. The zero-order valence-corrected chi connectivity index (χ0v) is 7.58. The second kappa shape index (κ2) is 3.45. The molecule has 0 fully saturated rings. The van der Waals surface area contributed by atoms with Crippen LogP contribution in [0.4, 0.5) is 5.69 Å². The molecule has 5 nitrogen and oxygen atoms in total. The molecule has 0 unspecified atom stereocenters. The average Bonchev–Trinajstić information content (AvgIpc) is 2.71. The second-order valence-corrected chi connectivity index (χ2v) is 2.94. The highest BCUT2D eigenvalue weighted by molar-refractivity contribution is 5.68. The molecule has 76 valence electrons. The highest BCUT2D eigenvalue weighted by atomic mass is 16.6. The summed E-state index contributed by atoms with van der Waals surface area (Å²) >= 11 is 0. The summed E-state index contributed by atoms with van der Waals surface area (Å²) in [5, 5.41) is 20.0. The van der Waals surface area contributed by atoms with Crippen molar-refractivity contribution in [2.75, 3.05) is 0 Å². The van der Waals surface area contributed by atoms with Crippen LogP contribution < -0.4 is 0 Å². The summed E-state index contributed by atoms with van der Waals surface area (Å²) < 4.78 is 5.05. The number of nitro benzene ring substituents is 1. The van der Waals surface area contributed by atoms with Gasteiger partial charge in [-0.25, -0.2) is 0 Å². The SMILES string of the molecule is O=[N+]([O-])c1ccc(O)c(-c2ccco2)c1. The fourth-order valence-electron chi connectivity index (χ4n) is 1.27. The maximum atomic E-state index is 10.5. The van der Waals surface area contributed by atoms with E-state index in [9.17, 15) is 15.2 Å². The van der Waals surface area contributed by atoms with Crippen LogP contribution in [-0.2, 0) is 0 Å². The van der Waals surface area contributed by atoms with Crippen LogP contribution in [0.15, 0.2) is 41.0 Å². The molecule has 0 saturated heterocycles. The highest BCUT2D eigenvalue weighted by Gasteiger charge is 2.13. The van der Waals surface area contributed by atoms with Crippen LogP contribution in [0.25, 0.3) is 11.3 Å². The summed E-state index contributed by atoms with van der Waals surface area (Å²) in [7, 11) is 0. The number of nitrogens with zero attached hydrogens (tertiary/aromatic N) is 1. The molecule has 15 heavy (non-hydrogen) atoms. The molecule has 0 bridgehead atoms. The molecule has 0 aliphatic carbocycles. The summed E-state index contributed by atoms with van der Waals surface area (Å²) in [5.74, 6) is 0.353. The molecule has 1 heterocycles. The van der Waals surface area contributed by atoms with Gasteiger partial charge in [-0.1, -0.05) is 0 Å². The molecule has 5 heteroatoms. The van der Waals surface area contributed by atoms with E-state index in [-0.39, 0.29) is 11.4 Å². The lowest BCUT2D eigenvalue weighted by molar-refractivity contribution is -0.384. The largest absolute Gasteiger partial charge is 0.507 e. The van der Waals surface area contributed by atoms with Crippen LogP contribution in [-0.4, -0.2) is 10.0 Å². The van der Waals surface area contributed by atoms with Crippen LogP contribution >= 0.6 is 0 Å². The number of aromatic hydroxyl groups is 1. The molecule has 0 radical (unpaired) electrons. The van der Waals surface area contributed by atoms with E-state index in [0.717, 1.165) is 0 Å². The first-order valence-electron chi connectivity index (χ1n) is 4.20. The molecule has 0 aliphatic rings. The fraction of sp³-hybridized carbons (Fsp3) is 0. The van der Waals surface area contributed by atoms with Crippen LogP contribution in [0, 0.1) is 10.1 Å². The van der Waals surface area contributed by atoms with E-state index in [1.165, 1.54) is 24.5 Å². The summed E-state index contributed by atoms with van der Waals surface area (Å²) in [6, 6.07) is 7.05. The average molecular weight is 205 g/mol. The van der Waals surface area contributed by atoms with Crippen molar-refractivity contribution in [2.24, 2.45) is 0 Å². The molecular weight excluding hydrogens is 198 g/mol. The lowest BCUT2D eigenvalue weighted by atomic mass is 10.1. The number of phenols is 1. The predicted octanol–water partition coefficient (Wildman–Crippen LogP) is 2.56. The smallest absolute Gasteiger partial charge is 0.270 e. The number of hydrogen-bond donors (Lipinski definition) is 1. The molecule has 0 amide bonds. The van der Waals surface area contributed by atoms with Crippen molar-refractivity contribution in [1.82, 2.24) is 0 Å². The number of benzene rings is 1. The topological polar surface area (TPSA) is 76.5 Å². The Kier molecular flexibility index (Phi) is 2.13. The van der Waals surface area contributed by atoms with Crippen molar-refractivity contribution in [3.63, 3.8) is 0 Å². The normalized spacial score (nSPS) is 10.1. The Bertz CT molecular complexity index is 490. The predicted molar refractivity (Wildman–Crippen MR) is 52.5 cm³/mol. The third kappa shape index (κ3) is 1.67. The number of rotatable bonds is 2. The van der Waals surface area contributed by atoms with Gasteiger partial charge in [-0.2, -0.15) is 0 Å². The first kappa shape index (κ1) is 9.26. The maximum Gasteiger partial charge on any atom is 0.270 e. The first-order valence-corrected chi connectivity index (χ1v) is 4.20. The van der Waals surface area contributed by atoms with E-state index in [2.05, 4.69) is 0 Å². The Morgan fingerprint density at radius 2 is 2.13 bits per heavy atom. The van der Waals surface area contributed by atoms with E-state index < -0.39 is 4.92 Å². The Labute approximate surface area is 84.7 Å². The van der Waals surface area contributed by atoms with Crippen LogP contribution in [0.1, 0.15) is 0 Å². The third-order valence-corrected chi connectivity index (χ3v) is 1.98. The Balaban J connectivity index is 2.55. The summed E-state index contributed by atoms with van der Waals surface area (Å²) in [6.45, 7) is 0. The van der Waals surface area contributed by atoms with Crippen LogP contribution in [0.3, 0.4) is 0 Å².